The van der Waals surface area contributed by atoms with E-state index in [1.807, 2.05) is 0 Å². The Balaban J connectivity index is 1.63. The summed E-state index contributed by atoms with van der Waals surface area (Å²) in [5.41, 5.74) is 0.857. The molecule has 2 rings (SSSR count). The van der Waals surface area contributed by atoms with Crippen molar-refractivity contribution in [3.63, 3.8) is 0 Å². The number of carboxylic acid groups (broad SMARTS) is 1. The summed E-state index contributed by atoms with van der Waals surface area (Å²) in [5.74, 6) is -0.856. The van der Waals surface area contributed by atoms with E-state index in [-0.39, 0.29) is 25.2 Å². The number of aromatic amines is 1. The number of ether oxygens (including phenoxy) is 1. The highest BCUT2D eigenvalue weighted by Crippen LogP contribution is 2.14. The number of carboxylic acids is 1. The van der Waals surface area contributed by atoms with Crippen LogP contribution in [0.25, 0.3) is 0 Å². The molecular formula is C13H20N4O4. The molecule has 1 fully saturated rings. The number of likely N-dealkylation sites (tertiary alicyclic amines) is 1. The summed E-state index contributed by atoms with van der Waals surface area (Å²) >= 11 is 0. The van der Waals surface area contributed by atoms with Crippen molar-refractivity contribution in [2.75, 3.05) is 19.7 Å². The van der Waals surface area contributed by atoms with Gasteiger partial charge in [-0.05, 0) is 12.8 Å². The monoisotopic (exact) mass is 296 g/mol. The number of hydrogen-bond donors (Lipinski definition) is 3. The van der Waals surface area contributed by atoms with E-state index in [2.05, 4.69) is 15.3 Å². The molecule has 2 heterocycles. The van der Waals surface area contributed by atoms with Crippen LogP contribution < -0.4 is 5.32 Å². The zero-order valence-corrected chi connectivity index (χ0v) is 11.7. The molecule has 1 aliphatic rings. The maximum atomic E-state index is 12.0. The van der Waals surface area contributed by atoms with Gasteiger partial charge < -0.3 is 25.0 Å². The Labute approximate surface area is 122 Å². The number of H-pyrrole nitrogens is 1. The molecular weight excluding hydrogens is 276 g/mol. The average Bonchev–Trinajstić information content (AvgIpc) is 2.98. The lowest BCUT2D eigenvalue weighted by molar-refractivity contribution is -0.138. The van der Waals surface area contributed by atoms with Gasteiger partial charge in [0, 0.05) is 19.3 Å². The van der Waals surface area contributed by atoms with E-state index in [4.69, 9.17) is 9.84 Å². The Morgan fingerprint density at radius 2 is 2.24 bits per heavy atom. The van der Waals surface area contributed by atoms with E-state index < -0.39 is 5.97 Å². The molecule has 0 saturated carbocycles. The number of aliphatic carboxylic acids is 1. The number of carbonyl (C=O) groups is 2. The highest BCUT2D eigenvalue weighted by atomic mass is 16.5. The van der Waals surface area contributed by atoms with Gasteiger partial charge in [-0.15, -0.1) is 0 Å². The maximum absolute atomic E-state index is 12.0. The van der Waals surface area contributed by atoms with E-state index in [0.717, 1.165) is 18.5 Å². The topological polar surface area (TPSA) is 108 Å². The second kappa shape index (κ2) is 7.63. The fraction of sp³-hybridized carbons (Fsp3) is 0.615. The number of hydrogen-bond acceptors (Lipinski definition) is 4. The molecule has 0 aromatic carbocycles. The third kappa shape index (κ3) is 5.07. The molecule has 0 radical (unpaired) electrons. The summed E-state index contributed by atoms with van der Waals surface area (Å²) in [6, 6.07) is -0.103. The van der Waals surface area contributed by atoms with Gasteiger partial charge in [-0.3, -0.25) is 4.79 Å². The zero-order valence-electron chi connectivity index (χ0n) is 11.7. The number of nitrogens with one attached hydrogen (secondary N) is 2. The smallest absolute Gasteiger partial charge is 0.317 e. The Bertz CT molecular complexity index is 455. The Kier molecular flexibility index (Phi) is 5.56. The quantitative estimate of drug-likeness (QED) is 0.711. The largest absolute Gasteiger partial charge is 0.481 e. The van der Waals surface area contributed by atoms with Crippen molar-refractivity contribution in [2.45, 2.75) is 31.9 Å². The Hall–Kier alpha value is -2.09. The van der Waals surface area contributed by atoms with E-state index in [1.54, 1.807) is 17.4 Å². The molecule has 21 heavy (non-hydrogen) atoms. The van der Waals surface area contributed by atoms with Crippen LogP contribution in [0, 0.1) is 0 Å². The van der Waals surface area contributed by atoms with Gasteiger partial charge >= 0.3 is 12.0 Å². The van der Waals surface area contributed by atoms with Gasteiger partial charge in [-0.2, -0.15) is 0 Å². The van der Waals surface area contributed by atoms with Gasteiger partial charge in [0.15, 0.2) is 0 Å². The van der Waals surface area contributed by atoms with Crippen LogP contribution in [0.5, 0.6) is 0 Å². The second-order valence-electron chi connectivity index (χ2n) is 4.94. The van der Waals surface area contributed by atoms with E-state index in [9.17, 15) is 9.59 Å². The standard InChI is InChI=1S/C13H20N4O4/c18-12(19)3-6-21-11-1-4-17(5-2-11)13(20)15-8-10-7-14-9-16-10/h7,9,11H,1-6,8H2,(H,14,16)(H,15,20)(H,18,19). The van der Waals surface area contributed by atoms with Crippen LogP contribution in [0.3, 0.4) is 0 Å². The lowest BCUT2D eigenvalue weighted by atomic mass is 10.1. The van der Waals surface area contributed by atoms with E-state index >= 15 is 0 Å². The molecule has 1 saturated heterocycles. The SMILES string of the molecule is O=C(O)CCOC1CCN(C(=O)NCc2cnc[nH]2)CC1. The van der Waals surface area contributed by atoms with Gasteiger partial charge in [-0.1, -0.05) is 0 Å². The van der Waals surface area contributed by atoms with E-state index in [1.165, 1.54) is 0 Å². The third-order valence-corrected chi connectivity index (χ3v) is 3.38. The van der Waals surface area contributed by atoms with Crippen LogP contribution in [0.2, 0.25) is 0 Å². The minimum absolute atomic E-state index is 0.0187. The number of carbonyl (C=O) groups excluding carboxylic acids is 1. The number of piperidine rings is 1. The van der Waals surface area contributed by atoms with Crippen LogP contribution >= 0.6 is 0 Å². The molecule has 0 bridgehead atoms. The fourth-order valence-electron chi connectivity index (χ4n) is 2.20. The predicted molar refractivity (Wildman–Crippen MR) is 73.6 cm³/mol. The van der Waals surface area contributed by atoms with Gasteiger partial charge in [-0.25, -0.2) is 9.78 Å². The summed E-state index contributed by atoms with van der Waals surface area (Å²) in [5, 5.41) is 11.4. The first-order chi connectivity index (χ1) is 10.1. The molecule has 0 aliphatic carbocycles. The molecule has 1 aromatic heterocycles. The number of amides is 2. The number of urea groups is 1. The predicted octanol–water partition coefficient (Wildman–Crippen LogP) is 0.575. The normalized spacial score (nSPS) is 15.9. The van der Waals surface area contributed by atoms with Gasteiger partial charge in [0.2, 0.25) is 0 Å². The molecule has 1 aromatic rings. The molecule has 116 valence electrons. The van der Waals surface area contributed by atoms with Gasteiger partial charge in [0.1, 0.15) is 0 Å². The second-order valence-corrected chi connectivity index (χ2v) is 4.94. The highest BCUT2D eigenvalue weighted by molar-refractivity contribution is 5.74. The third-order valence-electron chi connectivity index (χ3n) is 3.38. The first kappa shape index (κ1) is 15.3. The van der Waals surface area contributed by atoms with Crippen LogP contribution in [-0.2, 0) is 16.1 Å². The van der Waals surface area contributed by atoms with Gasteiger partial charge in [0.25, 0.3) is 0 Å². The van der Waals surface area contributed by atoms with Crippen molar-refractivity contribution in [1.82, 2.24) is 20.2 Å². The number of aromatic nitrogens is 2. The average molecular weight is 296 g/mol. The van der Waals surface area contributed by atoms with Crippen LogP contribution in [0.15, 0.2) is 12.5 Å². The number of rotatable bonds is 6. The lowest BCUT2D eigenvalue weighted by Crippen LogP contribution is -2.45. The van der Waals surface area contributed by atoms with Crippen molar-refractivity contribution >= 4 is 12.0 Å². The minimum atomic E-state index is -0.856. The van der Waals surface area contributed by atoms with E-state index in [0.29, 0.717) is 19.6 Å². The summed E-state index contributed by atoms with van der Waals surface area (Å²) < 4.78 is 5.49. The number of imidazole rings is 1. The lowest BCUT2D eigenvalue weighted by Gasteiger charge is -2.31. The first-order valence-electron chi connectivity index (χ1n) is 6.98. The summed E-state index contributed by atoms with van der Waals surface area (Å²) in [6.07, 6.45) is 4.77. The molecule has 0 unspecified atom stereocenters. The molecule has 2 amide bonds. The van der Waals surface area contributed by atoms with Crippen LogP contribution in [0.4, 0.5) is 4.79 Å². The molecule has 0 spiro atoms. The minimum Gasteiger partial charge on any atom is -0.481 e. The Morgan fingerprint density at radius 3 is 2.86 bits per heavy atom. The molecule has 8 nitrogen and oxygen atoms in total. The fourth-order valence-corrected chi connectivity index (χ4v) is 2.20. The highest BCUT2D eigenvalue weighted by Gasteiger charge is 2.23. The van der Waals surface area contributed by atoms with Crippen LogP contribution in [-0.4, -0.2) is 57.8 Å². The number of nitrogens with zero attached hydrogens (tertiary/aromatic N) is 2. The molecule has 0 atom stereocenters. The van der Waals surface area contributed by atoms with Crippen LogP contribution in [0.1, 0.15) is 25.0 Å². The van der Waals surface area contributed by atoms with Crippen molar-refractivity contribution in [3.05, 3.63) is 18.2 Å². The molecule has 1 aliphatic heterocycles. The van der Waals surface area contributed by atoms with Crippen molar-refractivity contribution in [1.29, 1.82) is 0 Å². The summed E-state index contributed by atoms with van der Waals surface area (Å²) in [6.45, 7) is 1.89. The summed E-state index contributed by atoms with van der Waals surface area (Å²) in [4.78, 5) is 30.9. The zero-order chi connectivity index (χ0) is 15.1. The Morgan fingerprint density at radius 1 is 1.48 bits per heavy atom. The van der Waals surface area contributed by atoms with Gasteiger partial charge in [0.05, 0.1) is 37.7 Å². The van der Waals surface area contributed by atoms with Crippen molar-refractivity contribution < 1.29 is 19.4 Å². The summed E-state index contributed by atoms with van der Waals surface area (Å²) in [7, 11) is 0. The maximum Gasteiger partial charge on any atom is 0.317 e. The van der Waals surface area contributed by atoms with Crippen molar-refractivity contribution in [2.24, 2.45) is 0 Å². The molecule has 3 N–H and O–H groups in total. The first-order valence-corrected chi connectivity index (χ1v) is 6.98. The molecule has 8 heteroatoms. The van der Waals surface area contributed by atoms with Crippen molar-refractivity contribution in [3.8, 4) is 0 Å².